The topological polar surface area (TPSA) is 193 Å². The minimum absolute atomic E-state index is 0.00278. The van der Waals surface area contributed by atoms with E-state index in [1.165, 1.54) is 36.5 Å². The smallest absolute Gasteiger partial charge is 0.310 e. The van der Waals surface area contributed by atoms with Gasteiger partial charge in [-0.05, 0) is 80.1 Å². The summed E-state index contributed by atoms with van der Waals surface area (Å²) in [4.78, 5) is 72.8. The molecule has 0 radical (unpaired) electrons. The van der Waals surface area contributed by atoms with Crippen molar-refractivity contribution in [3.8, 4) is 17.0 Å². The average Bonchev–Trinajstić information content (AvgIpc) is 3.77. The highest BCUT2D eigenvalue weighted by atomic mass is 19.2. The van der Waals surface area contributed by atoms with Crippen molar-refractivity contribution < 1.29 is 47.7 Å². The highest BCUT2D eigenvalue weighted by molar-refractivity contribution is 6.21. The zero-order valence-corrected chi connectivity index (χ0v) is 33.3. The second-order valence-corrected chi connectivity index (χ2v) is 14.7. The Morgan fingerprint density at radius 2 is 1.55 bits per heavy atom. The Kier molecular flexibility index (Phi) is 13.5. The summed E-state index contributed by atoms with van der Waals surface area (Å²) in [5.74, 6) is -5.39. The van der Waals surface area contributed by atoms with E-state index in [1.807, 2.05) is 13.0 Å². The van der Waals surface area contributed by atoms with Gasteiger partial charge in [-0.2, -0.15) is 4.39 Å². The number of benzene rings is 3. The molecule has 16 heteroatoms. The quantitative estimate of drug-likeness (QED) is 0.0419. The molecule has 0 bridgehead atoms. The van der Waals surface area contributed by atoms with Crippen molar-refractivity contribution in [2.24, 2.45) is 5.41 Å². The van der Waals surface area contributed by atoms with E-state index in [4.69, 9.17) is 4.74 Å². The Morgan fingerprint density at radius 3 is 2.20 bits per heavy atom. The van der Waals surface area contributed by atoms with Crippen LogP contribution in [0.5, 0.6) is 5.75 Å². The molecule has 3 heterocycles. The SMILES string of the molecule is CCc1cc(Nc2nccn3c(-c4ccc(OC)c(F)c4F)cnc23)ccc1C(=O)NCCCCCC(CCCCCN1C(=O)c2ccccc2C1=O)(CC(=O)O)C(=O)O. The second-order valence-electron chi connectivity index (χ2n) is 14.7. The summed E-state index contributed by atoms with van der Waals surface area (Å²) in [6, 6.07) is 14.6. The lowest BCUT2D eigenvalue weighted by atomic mass is 9.75. The fourth-order valence-electron chi connectivity index (χ4n) is 7.71. The van der Waals surface area contributed by atoms with Crippen LogP contribution in [0.2, 0.25) is 0 Å². The minimum atomic E-state index is -1.47. The number of methoxy groups -OCH3 is 1. The van der Waals surface area contributed by atoms with Crippen LogP contribution >= 0.6 is 0 Å². The zero-order valence-electron chi connectivity index (χ0n) is 33.3. The highest BCUT2D eigenvalue weighted by Crippen LogP contribution is 2.36. The number of amides is 3. The summed E-state index contributed by atoms with van der Waals surface area (Å²) in [6.45, 7) is 2.44. The number of carboxylic acid groups (broad SMARTS) is 2. The monoisotopic (exact) mass is 824 g/mol. The van der Waals surface area contributed by atoms with Gasteiger partial charge in [-0.15, -0.1) is 0 Å². The first kappa shape index (κ1) is 42.9. The lowest BCUT2D eigenvalue weighted by molar-refractivity contribution is -0.157. The van der Waals surface area contributed by atoms with Crippen LogP contribution in [0, 0.1) is 17.0 Å². The summed E-state index contributed by atoms with van der Waals surface area (Å²) >= 11 is 0. The third-order valence-electron chi connectivity index (χ3n) is 10.9. The number of anilines is 2. The number of aliphatic carboxylic acids is 2. The number of imide groups is 1. The van der Waals surface area contributed by atoms with Gasteiger partial charge in [0.1, 0.15) is 0 Å². The van der Waals surface area contributed by atoms with Crippen molar-refractivity contribution in [3.05, 3.63) is 107 Å². The normalized spacial score (nSPS) is 13.3. The van der Waals surface area contributed by atoms with Gasteiger partial charge in [-0.25, -0.2) is 14.4 Å². The van der Waals surface area contributed by atoms with E-state index in [0.29, 0.717) is 91.0 Å². The van der Waals surface area contributed by atoms with Crippen LogP contribution in [0.25, 0.3) is 16.9 Å². The number of halogens is 2. The van der Waals surface area contributed by atoms with Gasteiger partial charge in [0.05, 0.1) is 42.0 Å². The van der Waals surface area contributed by atoms with Gasteiger partial charge in [0.2, 0.25) is 5.82 Å². The minimum Gasteiger partial charge on any atom is -0.494 e. The first-order chi connectivity index (χ1) is 28.9. The van der Waals surface area contributed by atoms with Crippen LogP contribution in [0.4, 0.5) is 20.3 Å². The van der Waals surface area contributed by atoms with Crippen LogP contribution in [0.3, 0.4) is 0 Å². The molecule has 1 aliphatic heterocycles. The Bertz CT molecular complexity index is 2400. The Morgan fingerprint density at radius 1 is 0.850 bits per heavy atom. The maximum absolute atomic E-state index is 14.9. The molecule has 14 nitrogen and oxygen atoms in total. The Labute approximate surface area is 344 Å². The molecule has 314 valence electrons. The molecule has 1 aliphatic rings. The lowest BCUT2D eigenvalue weighted by Crippen LogP contribution is -2.34. The largest absolute Gasteiger partial charge is 0.494 e. The number of carbonyl (C=O) groups is 5. The van der Waals surface area contributed by atoms with Crippen LogP contribution in [0.1, 0.15) is 101 Å². The summed E-state index contributed by atoms with van der Waals surface area (Å²) in [6.07, 6.45) is 7.74. The van der Waals surface area contributed by atoms with Crippen molar-refractivity contribution in [3.63, 3.8) is 0 Å². The van der Waals surface area contributed by atoms with Crippen molar-refractivity contribution in [1.29, 1.82) is 0 Å². The van der Waals surface area contributed by atoms with Gasteiger partial charge >= 0.3 is 11.9 Å². The number of hydrogen-bond donors (Lipinski definition) is 4. The number of carboxylic acids is 2. The number of aryl methyl sites for hydroxylation is 1. The fourth-order valence-corrected chi connectivity index (χ4v) is 7.71. The molecule has 1 unspecified atom stereocenters. The first-order valence-electron chi connectivity index (χ1n) is 19.8. The summed E-state index contributed by atoms with van der Waals surface area (Å²) in [7, 11) is 1.26. The second kappa shape index (κ2) is 18.9. The van der Waals surface area contributed by atoms with E-state index in [9.17, 15) is 43.0 Å². The van der Waals surface area contributed by atoms with Crippen molar-refractivity contribution in [2.75, 3.05) is 25.5 Å². The number of ether oxygens (including phenoxy) is 1. The molecule has 3 amide bonds. The molecule has 0 aliphatic carbocycles. The molecular weight excluding hydrogens is 779 g/mol. The number of rotatable bonds is 21. The fraction of sp³-hybridized carbons (Fsp3) is 0.341. The molecule has 0 saturated carbocycles. The van der Waals surface area contributed by atoms with Gasteiger partial charge in [0.25, 0.3) is 17.7 Å². The predicted molar refractivity (Wildman–Crippen MR) is 217 cm³/mol. The maximum atomic E-state index is 14.9. The van der Waals surface area contributed by atoms with E-state index >= 15 is 0 Å². The van der Waals surface area contributed by atoms with E-state index < -0.39 is 35.4 Å². The van der Waals surface area contributed by atoms with Gasteiger partial charge in [-0.1, -0.05) is 44.7 Å². The zero-order chi connectivity index (χ0) is 43.0. The molecule has 2 aromatic heterocycles. The molecule has 1 atom stereocenters. The third-order valence-corrected chi connectivity index (χ3v) is 10.9. The lowest BCUT2D eigenvalue weighted by Gasteiger charge is -2.28. The number of nitrogens with one attached hydrogen (secondary N) is 2. The number of carbonyl (C=O) groups excluding carboxylic acids is 3. The van der Waals surface area contributed by atoms with Crippen molar-refractivity contribution >= 4 is 46.8 Å². The Balaban J connectivity index is 0.989. The molecule has 0 spiro atoms. The van der Waals surface area contributed by atoms with Crippen LogP contribution in [0.15, 0.2) is 73.2 Å². The number of imidazole rings is 1. The van der Waals surface area contributed by atoms with Crippen molar-refractivity contribution in [2.45, 2.75) is 71.1 Å². The molecule has 0 saturated heterocycles. The molecule has 60 heavy (non-hydrogen) atoms. The van der Waals surface area contributed by atoms with Gasteiger partial charge < -0.3 is 25.6 Å². The average molecular weight is 825 g/mol. The Hall–Kier alpha value is -6.71. The van der Waals surface area contributed by atoms with E-state index in [0.717, 1.165) is 5.56 Å². The molecule has 6 rings (SSSR count). The molecule has 4 N–H and O–H groups in total. The van der Waals surface area contributed by atoms with E-state index in [-0.39, 0.29) is 48.4 Å². The van der Waals surface area contributed by atoms with Gasteiger partial charge in [0.15, 0.2) is 23.0 Å². The van der Waals surface area contributed by atoms with Crippen molar-refractivity contribution in [1.82, 2.24) is 24.6 Å². The van der Waals surface area contributed by atoms with Crippen LogP contribution < -0.4 is 15.4 Å². The molecule has 5 aromatic rings. The molecule has 3 aromatic carbocycles. The predicted octanol–water partition coefficient (Wildman–Crippen LogP) is 7.68. The van der Waals surface area contributed by atoms with E-state index in [2.05, 4.69) is 20.6 Å². The summed E-state index contributed by atoms with van der Waals surface area (Å²) in [5, 5.41) is 25.9. The number of fused-ring (bicyclic) bond motifs is 2. The summed E-state index contributed by atoms with van der Waals surface area (Å²) < 4.78 is 35.9. The van der Waals surface area contributed by atoms with Gasteiger partial charge in [0, 0.05) is 42.3 Å². The van der Waals surface area contributed by atoms with E-state index in [1.54, 1.807) is 47.0 Å². The summed E-state index contributed by atoms with van der Waals surface area (Å²) in [5.41, 5.74) is 1.79. The maximum Gasteiger partial charge on any atom is 0.310 e. The standard InChI is InChI=1S/C44H46F2N6O8/c1-3-27-24-28(50-38-39-49-26-33(51(39)23-21-47-38)32-16-17-34(60-2)37(46)36(32)45)14-15-29(27)40(55)48-20-10-4-8-18-44(43(58)59,25-35(53)54)19-9-5-11-22-52-41(56)30-12-6-7-13-31(30)42(52)57/h6-7,12-17,21,23-24,26H,3-5,8-11,18-20,22,25H2,1-2H3,(H,47,50)(H,48,55)(H,53,54)(H,58,59). The molecular formula is C44H46F2N6O8. The first-order valence-corrected chi connectivity index (χ1v) is 19.8. The molecule has 0 fully saturated rings. The highest BCUT2D eigenvalue weighted by Gasteiger charge is 2.40. The van der Waals surface area contributed by atoms with Gasteiger partial charge in [-0.3, -0.25) is 33.3 Å². The number of nitrogens with zero attached hydrogens (tertiary/aromatic N) is 4. The number of aromatic nitrogens is 3. The van der Waals surface area contributed by atoms with Crippen LogP contribution in [-0.4, -0.2) is 79.3 Å². The number of hydrogen-bond acceptors (Lipinski definition) is 9. The number of unbranched alkanes of at least 4 members (excludes halogenated alkanes) is 4. The third kappa shape index (κ3) is 9.12. The van der Waals surface area contributed by atoms with Crippen LogP contribution in [-0.2, 0) is 16.0 Å².